The van der Waals surface area contributed by atoms with Crippen LogP contribution in [0.2, 0.25) is 0 Å². The summed E-state index contributed by atoms with van der Waals surface area (Å²) >= 11 is 0. The van der Waals surface area contributed by atoms with Crippen molar-refractivity contribution in [2.45, 2.75) is 13.5 Å². The Hall–Kier alpha value is -3.15. The van der Waals surface area contributed by atoms with Gasteiger partial charge in [0.15, 0.2) is 5.78 Å². The van der Waals surface area contributed by atoms with Gasteiger partial charge in [-0.15, -0.1) is 0 Å². The van der Waals surface area contributed by atoms with Crippen molar-refractivity contribution < 1.29 is 13.6 Å². The summed E-state index contributed by atoms with van der Waals surface area (Å²) in [6.07, 6.45) is 3.31. The first-order valence-corrected chi connectivity index (χ1v) is 7.72. The molecular weight excluding hydrogens is 324 g/mol. The van der Waals surface area contributed by atoms with E-state index in [1.807, 2.05) is 6.07 Å². The van der Waals surface area contributed by atoms with E-state index in [1.165, 1.54) is 13.0 Å². The maximum atomic E-state index is 14.2. The standard InChI is InChI=1S/C19H13F2N3O/c1-11(25)16-5-4-12(9-22-16)19-17-3-2-6-24(17)18-8-13(20)7-15(21)14(18)10-23-19/h2-9H,10H2,1H3. The Morgan fingerprint density at radius 1 is 1.20 bits per heavy atom. The van der Waals surface area contributed by atoms with Crippen LogP contribution in [0.25, 0.3) is 5.69 Å². The lowest BCUT2D eigenvalue weighted by atomic mass is 10.1. The number of carbonyl (C=O) groups is 1. The molecule has 0 saturated carbocycles. The van der Waals surface area contributed by atoms with Crippen LogP contribution in [0.1, 0.15) is 34.2 Å². The van der Waals surface area contributed by atoms with Crippen LogP contribution in [0.3, 0.4) is 0 Å². The van der Waals surface area contributed by atoms with Gasteiger partial charge in [0.2, 0.25) is 0 Å². The summed E-state index contributed by atoms with van der Waals surface area (Å²) in [6.45, 7) is 1.54. The number of pyridine rings is 1. The van der Waals surface area contributed by atoms with Crippen LogP contribution < -0.4 is 0 Å². The summed E-state index contributed by atoms with van der Waals surface area (Å²) in [7, 11) is 0. The number of hydrogen-bond acceptors (Lipinski definition) is 3. The molecule has 0 amide bonds. The van der Waals surface area contributed by atoms with Gasteiger partial charge >= 0.3 is 0 Å². The molecule has 3 heterocycles. The average Bonchev–Trinajstić information content (AvgIpc) is 3.00. The molecule has 6 heteroatoms. The van der Waals surface area contributed by atoms with Gasteiger partial charge in [-0.05, 0) is 30.3 Å². The fourth-order valence-corrected chi connectivity index (χ4v) is 2.97. The van der Waals surface area contributed by atoms with E-state index in [0.717, 1.165) is 6.07 Å². The van der Waals surface area contributed by atoms with Crippen LogP contribution in [0.15, 0.2) is 53.8 Å². The quantitative estimate of drug-likeness (QED) is 0.669. The Bertz CT molecular complexity index is 1020. The van der Waals surface area contributed by atoms with Crippen molar-refractivity contribution in [1.29, 1.82) is 0 Å². The Labute approximate surface area is 142 Å². The van der Waals surface area contributed by atoms with Crippen molar-refractivity contribution in [3.05, 3.63) is 82.9 Å². The van der Waals surface area contributed by atoms with E-state index >= 15 is 0 Å². The summed E-state index contributed by atoms with van der Waals surface area (Å²) in [5, 5.41) is 0. The van der Waals surface area contributed by atoms with E-state index in [2.05, 4.69) is 9.98 Å². The molecule has 0 fully saturated rings. The zero-order valence-electron chi connectivity index (χ0n) is 13.3. The zero-order valence-corrected chi connectivity index (χ0v) is 13.3. The topological polar surface area (TPSA) is 47.2 Å². The molecule has 0 saturated heterocycles. The molecule has 1 aliphatic heterocycles. The molecule has 0 radical (unpaired) electrons. The third-order valence-corrected chi connectivity index (χ3v) is 4.18. The Kier molecular flexibility index (Phi) is 3.53. The van der Waals surface area contributed by atoms with Crippen LogP contribution in [-0.4, -0.2) is 21.0 Å². The molecule has 4 nitrogen and oxygen atoms in total. The first-order valence-electron chi connectivity index (χ1n) is 7.72. The van der Waals surface area contributed by atoms with Gasteiger partial charge < -0.3 is 4.57 Å². The van der Waals surface area contributed by atoms with Crippen LogP contribution in [0, 0.1) is 11.6 Å². The van der Waals surface area contributed by atoms with E-state index in [4.69, 9.17) is 0 Å². The maximum Gasteiger partial charge on any atom is 0.178 e. The number of aliphatic imine (C=N–C) groups is 1. The third kappa shape index (κ3) is 2.55. The molecule has 3 aromatic rings. The number of halogens is 2. The van der Waals surface area contributed by atoms with Gasteiger partial charge in [0.05, 0.1) is 23.6 Å². The largest absolute Gasteiger partial charge is 0.315 e. The number of carbonyl (C=O) groups excluding carboxylic acids is 1. The predicted octanol–water partition coefficient (Wildman–Crippen LogP) is 3.70. The molecule has 0 unspecified atom stereocenters. The van der Waals surface area contributed by atoms with Crippen LogP contribution in [-0.2, 0) is 6.54 Å². The van der Waals surface area contributed by atoms with E-state index in [-0.39, 0.29) is 12.3 Å². The number of Topliss-reactive ketones (excluding diaryl/α,β-unsaturated/α-hetero) is 1. The molecule has 0 spiro atoms. The summed E-state index contributed by atoms with van der Waals surface area (Å²) in [5.41, 5.74) is 3.17. The van der Waals surface area contributed by atoms with Crippen LogP contribution >= 0.6 is 0 Å². The van der Waals surface area contributed by atoms with Gasteiger partial charge in [0.1, 0.15) is 17.3 Å². The smallest absolute Gasteiger partial charge is 0.178 e. The Morgan fingerprint density at radius 2 is 2.04 bits per heavy atom. The summed E-state index contributed by atoms with van der Waals surface area (Å²) < 4.78 is 29.6. The number of benzene rings is 1. The molecule has 0 aliphatic carbocycles. The lowest BCUT2D eigenvalue weighted by molar-refractivity contribution is 0.101. The maximum absolute atomic E-state index is 14.2. The van der Waals surface area contributed by atoms with Crippen molar-refractivity contribution in [2.24, 2.45) is 4.99 Å². The molecule has 1 aromatic carbocycles. The summed E-state index contributed by atoms with van der Waals surface area (Å²) in [5.74, 6) is -1.38. The van der Waals surface area contributed by atoms with Gasteiger partial charge in [0, 0.05) is 36.5 Å². The SMILES string of the molecule is CC(=O)c1ccc(C2=NCc3c(F)cc(F)cc3-n3cccc32)cn1. The van der Waals surface area contributed by atoms with E-state index < -0.39 is 11.6 Å². The lowest BCUT2D eigenvalue weighted by Crippen LogP contribution is -2.10. The first kappa shape index (κ1) is 15.4. The third-order valence-electron chi connectivity index (χ3n) is 4.18. The Morgan fingerprint density at radius 3 is 2.76 bits per heavy atom. The van der Waals surface area contributed by atoms with Crippen molar-refractivity contribution in [3.8, 4) is 5.69 Å². The second-order valence-electron chi connectivity index (χ2n) is 5.80. The molecule has 124 valence electrons. The fraction of sp³-hybridized carbons (Fsp3) is 0.105. The highest BCUT2D eigenvalue weighted by atomic mass is 19.1. The highest BCUT2D eigenvalue weighted by molar-refractivity contribution is 6.12. The molecular formula is C19H13F2N3O. The minimum Gasteiger partial charge on any atom is -0.315 e. The van der Waals surface area contributed by atoms with E-state index in [1.54, 1.807) is 35.2 Å². The van der Waals surface area contributed by atoms with E-state index in [0.29, 0.717) is 33.9 Å². The second-order valence-corrected chi connectivity index (χ2v) is 5.80. The predicted molar refractivity (Wildman–Crippen MR) is 89.3 cm³/mol. The molecule has 0 atom stereocenters. The summed E-state index contributed by atoms with van der Waals surface area (Å²) in [6, 6.07) is 9.18. The molecule has 0 N–H and O–H groups in total. The highest BCUT2D eigenvalue weighted by Gasteiger charge is 2.21. The summed E-state index contributed by atoms with van der Waals surface area (Å²) in [4.78, 5) is 20.1. The molecule has 2 aromatic heterocycles. The minimum absolute atomic E-state index is 0.0902. The monoisotopic (exact) mass is 337 g/mol. The molecule has 1 aliphatic rings. The molecule has 25 heavy (non-hydrogen) atoms. The number of fused-ring (bicyclic) bond motifs is 3. The van der Waals surface area contributed by atoms with Crippen molar-refractivity contribution in [3.63, 3.8) is 0 Å². The first-order chi connectivity index (χ1) is 12.0. The van der Waals surface area contributed by atoms with Crippen LogP contribution in [0.5, 0.6) is 0 Å². The Balaban J connectivity index is 1.88. The average molecular weight is 337 g/mol. The second kappa shape index (κ2) is 5.73. The molecule has 4 rings (SSSR count). The number of hydrogen-bond donors (Lipinski definition) is 0. The number of rotatable bonds is 2. The number of nitrogens with zero attached hydrogens (tertiary/aromatic N) is 3. The van der Waals surface area contributed by atoms with Crippen molar-refractivity contribution >= 4 is 11.5 Å². The van der Waals surface area contributed by atoms with Crippen molar-refractivity contribution in [1.82, 2.24) is 9.55 Å². The van der Waals surface area contributed by atoms with Crippen LogP contribution in [0.4, 0.5) is 8.78 Å². The minimum atomic E-state index is -0.633. The highest BCUT2D eigenvalue weighted by Crippen LogP contribution is 2.27. The van der Waals surface area contributed by atoms with Gasteiger partial charge in [-0.3, -0.25) is 14.8 Å². The number of aromatic nitrogens is 2. The lowest BCUT2D eigenvalue weighted by Gasteiger charge is -2.11. The van der Waals surface area contributed by atoms with Gasteiger partial charge in [0.25, 0.3) is 0 Å². The zero-order chi connectivity index (χ0) is 17.6. The number of ketones is 1. The molecule has 0 bridgehead atoms. The van der Waals surface area contributed by atoms with Gasteiger partial charge in [-0.25, -0.2) is 8.78 Å². The normalized spacial score (nSPS) is 12.8. The van der Waals surface area contributed by atoms with Gasteiger partial charge in [-0.2, -0.15) is 0 Å². The van der Waals surface area contributed by atoms with E-state index in [9.17, 15) is 13.6 Å². The fourth-order valence-electron chi connectivity index (χ4n) is 2.97. The van der Waals surface area contributed by atoms with Crippen molar-refractivity contribution in [2.75, 3.05) is 0 Å². The van der Waals surface area contributed by atoms with Gasteiger partial charge in [-0.1, -0.05) is 0 Å².